The largest absolute Gasteiger partial charge is 0.370 e. The smallest absolute Gasteiger partial charge is 0.243 e. The number of carbonyl (C=O) groups excluding carboxylic acids is 6. The van der Waals surface area contributed by atoms with Crippen LogP contribution in [0, 0.1) is 5.92 Å². The highest BCUT2D eigenvalue weighted by molar-refractivity contribution is 5.99. The van der Waals surface area contributed by atoms with Crippen LogP contribution in [0.15, 0.2) is 96.4 Å². The SMILES string of the molecule is CC(C)C[C@@H]1NC(=O)[C@@H](Cc2c[nH]c3ccccc23)NC(=O)[C@H](Cc2c[nH]c3ccccc23)NC(=O)CNC(=O)[C@H](Cc2c[nH]c3ccccc23)NC(=O)[C@H](CCCN=C(N)N)NC1=O. The van der Waals surface area contributed by atoms with Gasteiger partial charge in [0, 0.05) is 77.1 Å². The molecule has 5 atom stereocenters. The number of carbonyl (C=O) groups is 6. The van der Waals surface area contributed by atoms with Crippen molar-refractivity contribution in [2.24, 2.45) is 22.4 Å². The second-order valence-corrected chi connectivity index (χ2v) is 16.9. The molecule has 0 bridgehead atoms. The van der Waals surface area contributed by atoms with E-state index in [-0.39, 0.29) is 56.9 Å². The summed E-state index contributed by atoms with van der Waals surface area (Å²) in [5.74, 6) is -4.22. The van der Waals surface area contributed by atoms with Crippen molar-refractivity contribution in [1.82, 2.24) is 46.9 Å². The minimum absolute atomic E-state index is 0.0211. The number of benzene rings is 3. The van der Waals surface area contributed by atoms with E-state index in [9.17, 15) is 28.8 Å². The average molecular weight is 885 g/mol. The number of H-pyrrole nitrogens is 3. The number of guanidine groups is 1. The fourth-order valence-corrected chi connectivity index (χ4v) is 8.29. The first-order valence-corrected chi connectivity index (χ1v) is 21.8. The summed E-state index contributed by atoms with van der Waals surface area (Å²) >= 11 is 0. The maximum Gasteiger partial charge on any atom is 0.243 e. The lowest BCUT2D eigenvalue weighted by Crippen LogP contribution is -2.61. The summed E-state index contributed by atoms with van der Waals surface area (Å²) in [7, 11) is 0. The van der Waals surface area contributed by atoms with Crippen molar-refractivity contribution >= 4 is 74.1 Å². The first-order chi connectivity index (χ1) is 31.3. The van der Waals surface area contributed by atoms with Crippen LogP contribution < -0.4 is 43.4 Å². The number of rotatable bonds is 12. The highest BCUT2D eigenvalue weighted by Crippen LogP contribution is 2.23. The van der Waals surface area contributed by atoms with Crippen molar-refractivity contribution in [2.75, 3.05) is 13.1 Å². The van der Waals surface area contributed by atoms with E-state index in [4.69, 9.17) is 11.5 Å². The number of aromatic nitrogens is 3. The van der Waals surface area contributed by atoms with Crippen LogP contribution in [0.1, 0.15) is 49.8 Å². The van der Waals surface area contributed by atoms with E-state index in [1.54, 1.807) is 18.6 Å². The van der Waals surface area contributed by atoms with Crippen LogP contribution in [0.3, 0.4) is 0 Å². The summed E-state index contributed by atoms with van der Waals surface area (Å²) in [6.45, 7) is 3.38. The molecule has 3 aromatic carbocycles. The standard InChI is InChI=1S/C47H56N12O6/c1-26(2)18-37-44(63)56-36(16-9-17-50-47(48)49)43(62)58-38(19-27-22-51-33-13-6-3-10-30(27)33)42(61)54-25-41(60)55-39(20-28-23-52-34-14-7-4-11-31(28)34)45(64)59-40(46(65)57-37)21-29-24-53-35-15-8-5-12-32(29)35/h3-8,10-15,22-24,26,36-40,51-53H,9,16-21,25H2,1-2H3,(H,54,61)(H,55,60)(H,56,63)(H,57,65)(H,58,62)(H,59,64)(H4,48,49,50)/t36-,37-,38-,39-,40+/m0/s1. The van der Waals surface area contributed by atoms with Crippen LogP contribution in [0.4, 0.5) is 0 Å². The number of para-hydroxylation sites is 3. The molecule has 0 radical (unpaired) electrons. The number of amides is 6. The molecule has 1 aliphatic rings. The van der Waals surface area contributed by atoms with Crippen LogP contribution in [0.25, 0.3) is 32.7 Å². The zero-order valence-corrected chi connectivity index (χ0v) is 36.3. The molecule has 1 fully saturated rings. The van der Waals surface area contributed by atoms with Crippen LogP contribution in [0.5, 0.6) is 0 Å². The molecule has 4 heterocycles. The molecule has 340 valence electrons. The van der Waals surface area contributed by atoms with Crippen molar-refractivity contribution in [3.8, 4) is 0 Å². The second kappa shape index (κ2) is 20.7. The number of fused-ring (bicyclic) bond motifs is 3. The van der Waals surface area contributed by atoms with Gasteiger partial charge in [0.15, 0.2) is 5.96 Å². The molecule has 0 aliphatic carbocycles. The second-order valence-electron chi connectivity index (χ2n) is 16.9. The monoisotopic (exact) mass is 884 g/mol. The topological polar surface area (TPSA) is 286 Å². The molecule has 0 spiro atoms. The fraction of sp³-hybridized carbons (Fsp3) is 0.340. The third kappa shape index (κ3) is 11.5. The number of nitrogens with two attached hydrogens (primary N) is 2. The van der Waals surface area contributed by atoms with Gasteiger partial charge in [-0.15, -0.1) is 0 Å². The van der Waals surface area contributed by atoms with E-state index in [1.165, 1.54) is 0 Å². The molecule has 7 rings (SSSR count). The first kappa shape index (κ1) is 45.4. The summed E-state index contributed by atoms with van der Waals surface area (Å²) < 4.78 is 0. The van der Waals surface area contributed by atoms with Crippen molar-refractivity contribution in [3.05, 3.63) is 108 Å². The molecule has 3 aromatic heterocycles. The van der Waals surface area contributed by atoms with Gasteiger partial charge in [-0.05, 0) is 60.1 Å². The molecule has 18 heteroatoms. The Hall–Kier alpha value is -7.63. The molecule has 6 amide bonds. The predicted octanol–water partition coefficient (Wildman–Crippen LogP) is 1.81. The van der Waals surface area contributed by atoms with Gasteiger partial charge in [0.1, 0.15) is 30.2 Å². The minimum atomic E-state index is -1.23. The van der Waals surface area contributed by atoms with Gasteiger partial charge < -0.3 is 58.3 Å². The fourth-order valence-electron chi connectivity index (χ4n) is 8.29. The first-order valence-electron chi connectivity index (χ1n) is 21.8. The maximum atomic E-state index is 14.6. The van der Waals surface area contributed by atoms with Crippen molar-refractivity contribution in [1.29, 1.82) is 0 Å². The minimum Gasteiger partial charge on any atom is -0.370 e. The highest BCUT2D eigenvalue weighted by Gasteiger charge is 2.34. The van der Waals surface area contributed by atoms with Crippen LogP contribution >= 0.6 is 0 Å². The number of hydrogen-bond acceptors (Lipinski definition) is 7. The third-order valence-corrected chi connectivity index (χ3v) is 11.6. The summed E-state index contributed by atoms with van der Waals surface area (Å²) in [6, 6.07) is 16.5. The number of aromatic amines is 3. The Morgan fingerprint density at radius 1 is 0.554 bits per heavy atom. The number of hydrogen-bond donors (Lipinski definition) is 11. The summed E-state index contributed by atoms with van der Waals surface area (Å²) in [4.78, 5) is 99.5. The van der Waals surface area contributed by atoms with E-state index in [2.05, 4.69) is 51.8 Å². The Balaban J connectivity index is 1.25. The average Bonchev–Trinajstić information content (AvgIpc) is 4.02. The molecule has 6 aromatic rings. The summed E-state index contributed by atoms with van der Waals surface area (Å²) in [5, 5.41) is 19.4. The van der Waals surface area contributed by atoms with Crippen LogP contribution in [0.2, 0.25) is 0 Å². The molecule has 1 saturated heterocycles. The maximum absolute atomic E-state index is 14.6. The van der Waals surface area contributed by atoms with Gasteiger partial charge in [-0.25, -0.2) is 0 Å². The molecule has 0 saturated carbocycles. The van der Waals surface area contributed by atoms with Gasteiger partial charge in [-0.2, -0.15) is 0 Å². The molecule has 0 unspecified atom stereocenters. The lowest BCUT2D eigenvalue weighted by Gasteiger charge is -2.28. The van der Waals surface area contributed by atoms with Crippen molar-refractivity contribution < 1.29 is 28.8 Å². The Kier molecular flexibility index (Phi) is 14.5. The van der Waals surface area contributed by atoms with Gasteiger partial charge >= 0.3 is 0 Å². The van der Waals surface area contributed by atoms with Crippen LogP contribution in [-0.4, -0.2) is 99.7 Å². The van der Waals surface area contributed by atoms with E-state index in [1.807, 2.05) is 86.6 Å². The van der Waals surface area contributed by atoms with Gasteiger partial charge in [0.25, 0.3) is 0 Å². The van der Waals surface area contributed by atoms with E-state index >= 15 is 0 Å². The lowest BCUT2D eigenvalue weighted by molar-refractivity contribution is -0.136. The molecule has 1 aliphatic heterocycles. The highest BCUT2D eigenvalue weighted by atomic mass is 16.2. The Morgan fingerprint density at radius 2 is 0.954 bits per heavy atom. The number of aliphatic imine (C=N–C) groups is 1. The number of nitrogens with one attached hydrogen (secondary N) is 9. The van der Waals surface area contributed by atoms with E-state index < -0.39 is 72.2 Å². The van der Waals surface area contributed by atoms with Gasteiger partial charge in [0.05, 0.1) is 6.54 Å². The van der Waals surface area contributed by atoms with Gasteiger partial charge in [-0.1, -0.05) is 68.4 Å². The van der Waals surface area contributed by atoms with Gasteiger partial charge in [-0.3, -0.25) is 33.8 Å². The molecular weight excluding hydrogens is 829 g/mol. The summed E-state index contributed by atoms with van der Waals surface area (Å²) in [6.07, 6.45) is 5.86. The Labute approximate surface area is 374 Å². The molecule has 18 nitrogen and oxygen atoms in total. The zero-order chi connectivity index (χ0) is 46.0. The predicted molar refractivity (Wildman–Crippen MR) is 248 cm³/mol. The van der Waals surface area contributed by atoms with E-state index in [0.29, 0.717) is 0 Å². The molecule has 13 N–H and O–H groups in total. The molecule has 65 heavy (non-hydrogen) atoms. The van der Waals surface area contributed by atoms with Crippen LogP contribution in [-0.2, 0) is 48.0 Å². The normalized spacial score (nSPS) is 20.6. The Morgan fingerprint density at radius 3 is 1.43 bits per heavy atom. The zero-order valence-electron chi connectivity index (χ0n) is 36.3. The van der Waals surface area contributed by atoms with E-state index in [0.717, 1.165) is 49.4 Å². The number of nitrogens with zero attached hydrogens (tertiary/aromatic N) is 1. The summed E-state index contributed by atoms with van der Waals surface area (Å²) in [5.41, 5.74) is 15.8. The van der Waals surface area contributed by atoms with Crippen molar-refractivity contribution in [3.63, 3.8) is 0 Å². The van der Waals surface area contributed by atoms with Crippen molar-refractivity contribution in [2.45, 2.75) is 82.6 Å². The molecular formula is C47H56N12O6. The van der Waals surface area contributed by atoms with Gasteiger partial charge in [0.2, 0.25) is 35.4 Å². The quantitative estimate of drug-likeness (QED) is 0.0489. The third-order valence-electron chi connectivity index (χ3n) is 11.6. The Bertz CT molecular complexity index is 2710. The lowest BCUT2D eigenvalue weighted by atomic mass is 9.99.